The van der Waals surface area contributed by atoms with Crippen molar-refractivity contribution < 1.29 is 14.7 Å². The number of thioether (sulfide) groups is 1. The average Bonchev–Trinajstić information content (AvgIpc) is 3.09. The zero-order chi connectivity index (χ0) is 15.7. The Bertz CT molecular complexity index is 660. The van der Waals surface area contributed by atoms with Crippen LogP contribution in [-0.4, -0.2) is 32.2 Å². The molecule has 2 fully saturated rings. The van der Waals surface area contributed by atoms with Crippen LogP contribution in [0.3, 0.4) is 0 Å². The van der Waals surface area contributed by atoms with Gasteiger partial charge in [-0.1, -0.05) is 49.0 Å². The van der Waals surface area contributed by atoms with Crippen LogP contribution in [0.15, 0.2) is 29.2 Å². The second-order valence-corrected chi connectivity index (χ2v) is 7.09. The maximum atomic E-state index is 12.5. The third-order valence-corrected chi connectivity index (χ3v) is 5.30. The van der Waals surface area contributed by atoms with Crippen molar-refractivity contribution in [2.24, 2.45) is 0 Å². The van der Waals surface area contributed by atoms with Gasteiger partial charge in [0.15, 0.2) is 0 Å². The summed E-state index contributed by atoms with van der Waals surface area (Å²) >= 11 is 6.68. The Hall–Kier alpha value is -1.66. The van der Waals surface area contributed by atoms with E-state index in [0.717, 1.165) is 31.2 Å². The van der Waals surface area contributed by atoms with Gasteiger partial charge in [-0.3, -0.25) is 9.69 Å². The lowest BCUT2D eigenvalue weighted by molar-refractivity contribution is -0.123. The van der Waals surface area contributed by atoms with E-state index in [-0.39, 0.29) is 17.5 Å². The summed E-state index contributed by atoms with van der Waals surface area (Å²) < 4.78 is 0.630. The lowest BCUT2D eigenvalue weighted by Crippen LogP contribution is -2.36. The summed E-state index contributed by atoms with van der Waals surface area (Å²) in [4.78, 5) is 25.7. The fourth-order valence-corrected chi connectivity index (χ4v) is 4.23. The normalized spacial score (nSPS) is 21.1. The minimum absolute atomic E-state index is 0.0239. The first-order valence-electron chi connectivity index (χ1n) is 7.16. The molecule has 2 aliphatic rings. The van der Waals surface area contributed by atoms with Gasteiger partial charge < -0.3 is 5.11 Å². The van der Waals surface area contributed by atoms with Crippen molar-refractivity contribution in [3.8, 4) is 0 Å². The fourth-order valence-electron chi connectivity index (χ4n) is 2.83. The lowest BCUT2D eigenvalue weighted by atomic mass is 10.1. The van der Waals surface area contributed by atoms with Crippen LogP contribution < -0.4 is 0 Å². The Morgan fingerprint density at radius 1 is 1.27 bits per heavy atom. The van der Waals surface area contributed by atoms with Crippen molar-refractivity contribution >= 4 is 46.3 Å². The molecule has 1 aromatic rings. The first-order valence-corrected chi connectivity index (χ1v) is 8.39. The third kappa shape index (κ3) is 2.94. The van der Waals surface area contributed by atoms with Gasteiger partial charge in [-0.15, -0.1) is 0 Å². The Morgan fingerprint density at radius 3 is 2.50 bits per heavy atom. The van der Waals surface area contributed by atoms with Crippen molar-refractivity contribution in [1.29, 1.82) is 0 Å². The number of thiocarbonyl (C=S) groups is 1. The summed E-state index contributed by atoms with van der Waals surface area (Å²) in [6, 6.07) is 6.71. The molecule has 1 saturated carbocycles. The molecule has 1 aliphatic heterocycles. The molecule has 0 unspecified atom stereocenters. The summed E-state index contributed by atoms with van der Waals surface area (Å²) in [6.45, 7) is 0. The van der Waals surface area contributed by atoms with Crippen LogP contribution in [0, 0.1) is 0 Å². The number of amides is 1. The van der Waals surface area contributed by atoms with Gasteiger partial charge in [-0.2, -0.15) is 0 Å². The number of hydrogen-bond acceptors (Lipinski definition) is 4. The standard InChI is InChI=1S/C16H15NO3S2/c18-14-13(9-10-5-7-11(8-6-10)15(19)20)22-16(21)17(14)12-3-1-2-4-12/h5-9,12H,1-4H2,(H,19,20). The highest BCUT2D eigenvalue weighted by Crippen LogP contribution is 2.37. The zero-order valence-corrected chi connectivity index (χ0v) is 13.5. The molecule has 4 nitrogen and oxygen atoms in total. The quantitative estimate of drug-likeness (QED) is 0.677. The van der Waals surface area contributed by atoms with E-state index in [2.05, 4.69) is 0 Å². The molecule has 0 aromatic heterocycles. The number of carbonyl (C=O) groups is 2. The molecular weight excluding hydrogens is 318 g/mol. The predicted octanol–water partition coefficient (Wildman–Crippen LogP) is 3.53. The monoisotopic (exact) mass is 333 g/mol. The number of benzene rings is 1. The number of carboxylic acids is 1. The second-order valence-electron chi connectivity index (χ2n) is 5.42. The molecule has 6 heteroatoms. The Kier molecular flexibility index (Phi) is 4.31. The van der Waals surface area contributed by atoms with Gasteiger partial charge in [0.05, 0.1) is 10.5 Å². The van der Waals surface area contributed by atoms with E-state index >= 15 is 0 Å². The molecule has 1 N–H and O–H groups in total. The second kappa shape index (κ2) is 6.22. The third-order valence-electron chi connectivity index (χ3n) is 3.97. The number of carboxylic acid groups (broad SMARTS) is 1. The molecule has 0 spiro atoms. The van der Waals surface area contributed by atoms with Crippen molar-refractivity contribution in [1.82, 2.24) is 4.90 Å². The Labute approximate surface area is 138 Å². The highest BCUT2D eigenvalue weighted by atomic mass is 32.2. The van der Waals surface area contributed by atoms with E-state index in [4.69, 9.17) is 17.3 Å². The van der Waals surface area contributed by atoms with Crippen molar-refractivity contribution in [3.05, 3.63) is 40.3 Å². The van der Waals surface area contributed by atoms with E-state index in [1.165, 1.54) is 23.9 Å². The van der Waals surface area contributed by atoms with Gasteiger partial charge in [0.1, 0.15) is 4.32 Å². The van der Waals surface area contributed by atoms with Crippen LogP contribution in [0.2, 0.25) is 0 Å². The minimum Gasteiger partial charge on any atom is -0.478 e. The van der Waals surface area contributed by atoms with Gasteiger partial charge in [0, 0.05) is 6.04 Å². The van der Waals surface area contributed by atoms with E-state index < -0.39 is 5.97 Å². The minimum atomic E-state index is -0.959. The number of rotatable bonds is 3. The molecule has 1 aromatic carbocycles. The zero-order valence-electron chi connectivity index (χ0n) is 11.8. The Balaban J connectivity index is 1.81. The van der Waals surface area contributed by atoms with E-state index in [0.29, 0.717) is 9.23 Å². The number of nitrogens with zero attached hydrogens (tertiary/aromatic N) is 1. The van der Waals surface area contributed by atoms with Gasteiger partial charge >= 0.3 is 5.97 Å². The molecule has 0 radical (unpaired) electrons. The molecule has 0 bridgehead atoms. The molecule has 1 aliphatic carbocycles. The van der Waals surface area contributed by atoms with Crippen LogP contribution in [0.25, 0.3) is 6.08 Å². The maximum absolute atomic E-state index is 12.5. The van der Waals surface area contributed by atoms with E-state index in [1.807, 2.05) is 0 Å². The van der Waals surface area contributed by atoms with Crippen molar-refractivity contribution in [2.45, 2.75) is 31.7 Å². The highest BCUT2D eigenvalue weighted by molar-refractivity contribution is 8.26. The van der Waals surface area contributed by atoms with Crippen LogP contribution in [0.5, 0.6) is 0 Å². The SMILES string of the molecule is O=C(O)c1ccc(C=C2SC(=S)N(C3CCCC3)C2=O)cc1. The van der Waals surface area contributed by atoms with E-state index in [1.54, 1.807) is 23.1 Å². The van der Waals surface area contributed by atoms with Crippen molar-refractivity contribution in [2.75, 3.05) is 0 Å². The molecule has 1 heterocycles. The molecule has 22 heavy (non-hydrogen) atoms. The summed E-state index contributed by atoms with van der Waals surface area (Å²) in [7, 11) is 0. The largest absolute Gasteiger partial charge is 0.478 e. The summed E-state index contributed by atoms with van der Waals surface area (Å²) in [5, 5.41) is 8.90. The smallest absolute Gasteiger partial charge is 0.335 e. The topological polar surface area (TPSA) is 57.6 Å². The fraction of sp³-hybridized carbons (Fsp3) is 0.312. The lowest BCUT2D eigenvalue weighted by Gasteiger charge is -2.21. The predicted molar refractivity (Wildman–Crippen MR) is 90.7 cm³/mol. The Morgan fingerprint density at radius 2 is 1.91 bits per heavy atom. The molecule has 3 rings (SSSR count). The summed E-state index contributed by atoms with van der Waals surface area (Å²) in [5.74, 6) is -0.983. The van der Waals surface area contributed by atoms with Crippen LogP contribution in [-0.2, 0) is 4.79 Å². The van der Waals surface area contributed by atoms with Crippen LogP contribution >= 0.6 is 24.0 Å². The molecule has 114 valence electrons. The summed E-state index contributed by atoms with van der Waals surface area (Å²) in [5.41, 5.74) is 1.03. The van der Waals surface area contributed by atoms with E-state index in [9.17, 15) is 9.59 Å². The highest BCUT2D eigenvalue weighted by Gasteiger charge is 2.37. The van der Waals surface area contributed by atoms with Crippen LogP contribution in [0.1, 0.15) is 41.6 Å². The number of hydrogen-bond donors (Lipinski definition) is 1. The van der Waals surface area contributed by atoms with Gasteiger partial charge in [0.25, 0.3) is 5.91 Å². The maximum Gasteiger partial charge on any atom is 0.335 e. The van der Waals surface area contributed by atoms with Crippen molar-refractivity contribution in [3.63, 3.8) is 0 Å². The number of aromatic carboxylic acids is 1. The molecule has 0 atom stereocenters. The first kappa shape index (κ1) is 15.2. The first-order chi connectivity index (χ1) is 10.6. The van der Waals surface area contributed by atoms with Crippen LogP contribution in [0.4, 0.5) is 0 Å². The summed E-state index contributed by atoms with van der Waals surface area (Å²) in [6.07, 6.45) is 6.12. The molecule has 1 saturated heterocycles. The molecule has 1 amide bonds. The average molecular weight is 333 g/mol. The molecular formula is C16H15NO3S2. The van der Waals surface area contributed by atoms with Gasteiger partial charge in [-0.25, -0.2) is 4.79 Å². The number of carbonyl (C=O) groups excluding carboxylic acids is 1. The van der Waals surface area contributed by atoms with Gasteiger partial charge in [-0.05, 0) is 36.6 Å². The van der Waals surface area contributed by atoms with Gasteiger partial charge in [0.2, 0.25) is 0 Å².